The lowest BCUT2D eigenvalue weighted by molar-refractivity contribution is -0.137. The molecule has 0 saturated heterocycles. The molecule has 1 aromatic heterocycles. The van der Waals surface area contributed by atoms with Gasteiger partial charge in [-0.1, -0.05) is 18.2 Å². The maximum atomic E-state index is 10.8. The number of hydrazone groups is 1. The van der Waals surface area contributed by atoms with Gasteiger partial charge in [0.15, 0.2) is 0 Å². The summed E-state index contributed by atoms with van der Waals surface area (Å²) in [6, 6.07) is 7.43. The second kappa shape index (κ2) is 5.34. The van der Waals surface area contributed by atoms with Gasteiger partial charge in [-0.25, -0.2) is 5.43 Å². The highest BCUT2D eigenvalue weighted by Gasteiger charge is 2.08. The van der Waals surface area contributed by atoms with Crippen LogP contribution in [0.25, 0.3) is 10.9 Å². The van der Waals surface area contributed by atoms with Crippen LogP contribution < -0.4 is 5.43 Å². The maximum absolute atomic E-state index is 10.8. The zero-order valence-corrected chi connectivity index (χ0v) is 10.3. The number of benzene rings is 1. The lowest BCUT2D eigenvalue weighted by atomic mass is 10.2. The van der Waals surface area contributed by atoms with Gasteiger partial charge in [0, 0.05) is 29.6 Å². The van der Waals surface area contributed by atoms with Gasteiger partial charge in [-0.05, 0) is 6.07 Å². The third-order valence-electron chi connectivity index (χ3n) is 2.55. The van der Waals surface area contributed by atoms with Crippen molar-refractivity contribution >= 4 is 29.0 Å². The Morgan fingerprint density at radius 2 is 2.16 bits per heavy atom. The Kier molecular flexibility index (Phi) is 3.61. The Balaban J connectivity index is 2.41. The summed E-state index contributed by atoms with van der Waals surface area (Å²) in [5, 5.41) is 13.6. The normalized spacial score (nSPS) is 11.0. The number of carboxylic acid groups (broad SMARTS) is 1. The summed E-state index contributed by atoms with van der Waals surface area (Å²) < 4.78 is 1.63. The highest BCUT2D eigenvalue weighted by atomic mass is 16.4. The standard InChI is InChI=1S/C13H13N3O3/c1-9(17)15-14-6-10-7-16(8-13(18)19)12-5-3-2-4-11(10)12/h2-7H,8H2,1H3,(H,15,17)(H,18,19). The second-order valence-electron chi connectivity index (χ2n) is 4.05. The van der Waals surface area contributed by atoms with Gasteiger partial charge in [0.2, 0.25) is 5.91 Å². The second-order valence-corrected chi connectivity index (χ2v) is 4.05. The van der Waals surface area contributed by atoms with Crippen LogP contribution >= 0.6 is 0 Å². The zero-order valence-electron chi connectivity index (χ0n) is 10.3. The van der Waals surface area contributed by atoms with E-state index in [2.05, 4.69) is 10.5 Å². The first-order valence-corrected chi connectivity index (χ1v) is 5.67. The van der Waals surface area contributed by atoms with Crippen molar-refractivity contribution in [2.45, 2.75) is 13.5 Å². The number of hydrogen-bond acceptors (Lipinski definition) is 3. The van der Waals surface area contributed by atoms with Crippen molar-refractivity contribution in [1.82, 2.24) is 9.99 Å². The molecule has 1 heterocycles. The molecule has 2 N–H and O–H groups in total. The summed E-state index contributed by atoms with van der Waals surface area (Å²) in [5.74, 6) is -1.17. The number of carboxylic acids is 1. The summed E-state index contributed by atoms with van der Waals surface area (Å²) >= 11 is 0. The van der Waals surface area contributed by atoms with Gasteiger partial charge in [0.05, 0.1) is 6.21 Å². The van der Waals surface area contributed by atoms with Crippen LogP contribution in [0.4, 0.5) is 0 Å². The van der Waals surface area contributed by atoms with Crippen molar-refractivity contribution in [3.63, 3.8) is 0 Å². The molecule has 2 rings (SSSR count). The summed E-state index contributed by atoms with van der Waals surface area (Å²) in [6.07, 6.45) is 3.20. The van der Waals surface area contributed by atoms with Crippen molar-refractivity contribution in [3.05, 3.63) is 36.0 Å². The monoisotopic (exact) mass is 259 g/mol. The van der Waals surface area contributed by atoms with Crippen LogP contribution in [0, 0.1) is 0 Å². The molecule has 0 unspecified atom stereocenters. The molecule has 1 amide bonds. The third kappa shape index (κ3) is 2.98. The van der Waals surface area contributed by atoms with E-state index >= 15 is 0 Å². The van der Waals surface area contributed by atoms with Crippen molar-refractivity contribution in [2.75, 3.05) is 0 Å². The van der Waals surface area contributed by atoms with Crippen LogP contribution in [0.5, 0.6) is 0 Å². The minimum absolute atomic E-state index is 0.117. The fraction of sp³-hybridized carbons (Fsp3) is 0.154. The first-order chi connectivity index (χ1) is 9.08. The first kappa shape index (κ1) is 12.8. The molecule has 19 heavy (non-hydrogen) atoms. The Morgan fingerprint density at radius 1 is 1.42 bits per heavy atom. The summed E-state index contributed by atoms with van der Waals surface area (Å²) in [7, 11) is 0. The number of nitrogens with zero attached hydrogens (tertiary/aromatic N) is 2. The number of fused-ring (bicyclic) bond motifs is 1. The molecule has 0 atom stereocenters. The third-order valence-corrected chi connectivity index (χ3v) is 2.55. The fourth-order valence-electron chi connectivity index (χ4n) is 1.85. The van der Waals surface area contributed by atoms with Crippen molar-refractivity contribution in [2.24, 2.45) is 5.10 Å². The highest BCUT2D eigenvalue weighted by Crippen LogP contribution is 2.19. The molecule has 0 radical (unpaired) electrons. The quantitative estimate of drug-likeness (QED) is 0.639. The van der Waals surface area contributed by atoms with E-state index in [1.54, 1.807) is 10.8 Å². The molecule has 6 heteroatoms. The number of hydrogen-bond donors (Lipinski definition) is 2. The van der Waals surface area contributed by atoms with E-state index < -0.39 is 5.97 Å². The van der Waals surface area contributed by atoms with E-state index in [0.717, 1.165) is 16.5 Å². The summed E-state index contributed by atoms with van der Waals surface area (Å²) in [4.78, 5) is 21.6. The van der Waals surface area contributed by atoms with Gasteiger partial charge in [-0.2, -0.15) is 5.10 Å². The molecular formula is C13H13N3O3. The topological polar surface area (TPSA) is 83.7 Å². The first-order valence-electron chi connectivity index (χ1n) is 5.67. The lowest BCUT2D eigenvalue weighted by Crippen LogP contribution is -2.12. The number of rotatable bonds is 4. The molecule has 0 saturated carbocycles. The van der Waals surface area contributed by atoms with Crippen molar-refractivity contribution < 1.29 is 14.7 Å². The molecular weight excluding hydrogens is 246 g/mol. The Labute approximate surface area is 109 Å². The Bertz CT molecular complexity index is 658. The number of aliphatic carboxylic acids is 1. The molecule has 0 aliphatic carbocycles. The van der Waals surface area contributed by atoms with Crippen molar-refractivity contribution in [3.8, 4) is 0 Å². The number of amides is 1. The molecule has 2 aromatic rings. The zero-order chi connectivity index (χ0) is 13.8. The van der Waals surface area contributed by atoms with Gasteiger partial charge < -0.3 is 9.67 Å². The molecule has 6 nitrogen and oxygen atoms in total. The van der Waals surface area contributed by atoms with Crippen LogP contribution in [-0.4, -0.2) is 27.8 Å². The number of para-hydroxylation sites is 1. The largest absolute Gasteiger partial charge is 0.480 e. The molecule has 1 aromatic carbocycles. The van der Waals surface area contributed by atoms with Gasteiger partial charge in [0.1, 0.15) is 6.54 Å². The van der Waals surface area contributed by atoms with E-state index in [9.17, 15) is 9.59 Å². The molecule has 0 fully saturated rings. The maximum Gasteiger partial charge on any atom is 0.323 e. The van der Waals surface area contributed by atoms with Crippen LogP contribution in [0.1, 0.15) is 12.5 Å². The van der Waals surface area contributed by atoms with Crippen LogP contribution in [0.2, 0.25) is 0 Å². The van der Waals surface area contributed by atoms with Gasteiger partial charge >= 0.3 is 5.97 Å². The summed E-state index contributed by atoms with van der Waals surface area (Å²) in [5.41, 5.74) is 3.88. The molecule has 0 aliphatic rings. The predicted molar refractivity (Wildman–Crippen MR) is 71.0 cm³/mol. The SMILES string of the molecule is CC(=O)NN=Cc1cn(CC(=O)O)c2ccccc12. The van der Waals surface area contributed by atoms with E-state index in [1.807, 2.05) is 24.3 Å². The highest BCUT2D eigenvalue weighted by molar-refractivity contribution is 6.00. The van der Waals surface area contributed by atoms with Crippen LogP contribution in [0.3, 0.4) is 0 Å². The van der Waals surface area contributed by atoms with Crippen molar-refractivity contribution in [1.29, 1.82) is 0 Å². The van der Waals surface area contributed by atoms with Gasteiger partial charge in [0.25, 0.3) is 0 Å². The number of nitrogens with one attached hydrogen (secondary N) is 1. The molecule has 0 aliphatic heterocycles. The Hall–Kier alpha value is -2.63. The number of carbonyl (C=O) groups is 2. The molecule has 0 spiro atoms. The Morgan fingerprint density at radius 3 is 2.84 bits per heavy atom. The number of carbonyl (C=O) groups excluding carboxylic acids is 1. The van der Waals surface area contributed by atoms with E-state index in [-0.39, 0.29) is 12.5 Å². The number of aromatic nitrogens is 1. The van der Waals surface area contributed by atoms with Gasteiger partial charge in [-0.3, -0.25) is 9.59 Å². The average Bonchev–Trinajstić information content (AvgIpc) is 2.67. The lowest BCUT2D eigenvalue weighted by Gasteiger charge is -1.99. The predicted octanol–water partition coefficient (Wildman–Crippen LogP) is 1.20. The van der Waals surface area contributed by atoms with Crippen LogP contribution in [0.15, 0.2) is 35.6 Å². The minimum atomic E-state index is -0.911. The minimum Gasteiger partial charge on any atom is -0.480 e. The van der Waals surface area contributed by atoms with E-state index in [0.29, 0.717) is 0 Å². The molecule has 98 valence electrons. The average molecular weight is 259 g/mol. The van der Waals surface area contributed by atoms with E-state index in [1.165, 1.54) is 13.1 Å². The fourth-order valence-corrected chi connectivity index (χ4v) is 1.85. The van der Waals surface area contributed by atoms with E-state index in [4.69, 9.17) is 5.11 Å². The molecule has 0 bridgehead atoms. The summed E-state index contributed by atoms with van der Waals surface area (Å²) in [6.45, 7) is 1.25. The van der Waals surface area contributed by atoms with Crippen LogP contribution in [-0.2, 0) is 16.1 Å². The smallest absolute Gasteiger partial charge is 0.323 e. The van der Waals surface area contributed by atoms with Gasteiger partial charge in [-0.15, -0.1) is 0 Å².